The number of carbonyl (C=O) groups is 2. The normalized spacial score (nSPS) is 11.3. The molecule has 4 nitrogen and oxygen atoms in total. The number of nitrogens with one attached hydrogen (secondary N) is 2. The second kappa shape index (κ2) is 6.55. The molecule has 20 heavy (non-hydrogen) atoms. The molecule has 0 aliphatic heterocycles. The van der Waals surface area contributed by atoms with Crippen molar-refractivity contribution in [3.05, 3.63) is 29.8 Å². The van der Waals surface area contributed by atoms with Crippen LogP contribution in [0.15, 0.2) is 24.3 Å². The summed E-state index contributed by atoms with van der Waals surface area (Å²) in [5.41, 5.74) is 1.36. The van der Waals surface area contributed by atoms with Crippen LogP contribution in [0, 0.1) is 11.3 Å². The van der Waals surface area contributed by atoms with Gasteiger partial charge in [-0.05, 0) is 42.5 Å². The highest BCUT2D eigenvalue weighted by Crippen LogP contribution is 2.24. The fraction of sp³-hybridized carbons (Fsp3) is 0.500. The van der Waals surface area contributed by atoms with Crippen LogP contribution in [0.5, 0.6) is 0 Å². The first-order chi connectivity index (χ1) is 9.22. The number of rotatable bonds is 5. The Balaban J connectivity index is 2.52. The molecule has 1 aromatic carbocycles. The van der Waals surface area contributed by atoms with Crippen LogP contribution in [-0.4, -0.2) is 18.4 Å². The van der Waals surface area contributed by atoms with Gasteiger partial charge in [-0.25, -0.2) is 4.79 Å². The van der Waals surface area contributed by atoms with Crippen LogP contribution < -0.4 is 10.6 Å². The largest absolute Gasteiger partial charge is 0.337 e. The minimum Gasteiger partial charge on any atom is -0.337 e. The van der Waals surface area contributed by atoms with E-state index in [0.29, 0.717) is 23.7 Å². The summed E-state index contributed by atoms with van der Waals surface area (Å²) in [7, 11) is 0. The third-order valence-electron chi connectivity index (χ3n) is 3.82. The van der Waals surface area contributed by atoms with Gasteiger partial charge in [0.2, 0.25) is 0 Å². The van der Waals surface area contributed by atoms with E-state index in [2.05, 4.69) is 38.3 Å². The van der Waals surface area contributed by atoms with Gasteiger partial charge in [0.25, 0.3) is 0 Å². The number of benzene rings is 1. The first kappa shape index (κ1) is 16.2. The number of carbonyl (C=O) groups excluding carboxylic acids is 2. The van der Waals surface area contributed by atoms with Crippen LogP contribution in [0.4, 0.5) is 10.5 Å². The lowest BCUT2D eigenvalue weighted by atomic mass is 9.81. The Labute approximate surface area is 121 Å². The van der Waals surface area contributed by atoms with E-state index in [0.717, 1.165) is 0 Å². The van der Waals surface area contributed by atoms with Crippen LogP contribution in [0.25, 0.3) is 0 Å². The molecule has 110 valence electrons. The molecule has 0 aliphatic rings. The van der Waals surface area contributed by atoms with Crippen molar-refractivity contribution in [2.75, 3.05) is 11.9 Å². The molecule has 0 saturated carbocycles. The van der Waals surface area contributed by atoms with E-state index in [-0.39, 0.29) is 17.2 Å². The van der Waals surface area contributed by atoms with E-state index < -0.39 is 0 Å². The van der Waals surface area contributed by atoms with E-state index in [4.69, 9.17) is 0 Å². The van der Waals surface area contributed by atoms with Gasteiger partial charge in [-0.1, -0.05) is 27.7 Å². The Morgan fingerprint density at radius 1 is 1.15 bits per heavy atom. The van der Waals surface area contributed by atoms with Gasteiger partial charge >= 0.3 is 6.03 Å². The Hall–Kier alpha value is -1.84. The van der Waals surface area contributed by atoms with Crippen molar-refractivity contribution in [3.8, 4) is 0 Å². The smallest absolute Gasteiger partial charge is 0.319 e. The van der Waals surface area contributed by atoms with Gasteiger partial charge in [0.05, 0.1) is 0 Å². The van der Waals surface area contributed by atoms with Gasteiger partial charge in [-0.2, -0.15) is 0 Å². The van der Waals surface area contributed by atoms with Gasteiger partial charge in [-0.15, -0.1) is 0 Å². The quantitative estimate of drug-likeness (QED) is 0.806. The molecule has 0 fully saturated rings. The molecule has 0 radical (unpaired) electrons. The Morgan fingerprint density at radius 2 is 1.70 bits per heavy atom. The number of anilines is 1. The molecule has 0 aromatic heterocycles. The summed E-state index contributed by atoms with van der Waals surface area (Å²) >= 11 is 0. The summed E-state index contributed by atoms with van der Waals surface area (Å²) in [6.45, 7) is 10.7. The average molecular weight is 276 g/mol. The molecule has 1 aromatic rings. The zero-order chi connectivity index (χ0) is 15.3. The van der Waals surface area contributed by atoms with Gasteiger partial charge < -0.3 is 10.6 Å². The van der Waals surface area contributed by atoms with Crippen molar-refractivity contribution in [1.82, 2.24) is 5.32 Å². The fourth-order valence-corrected chi connectivity index (χ4v) is 1.48. The SMILES string of the molecule is CC(=O)c1ccc(NC(=O)NCC(C)(C)C(C)C)cc1. The van der Waals surface area contributed by atoms with E-state index in [1.165, 1.54) is 6.92 Å². The maximum Gasteiger partial charge on any atom is 0.319 e. The molecular weight excluding hydrogens is 252 g/mol. The van der Waals surface area contributed by atoms with Crippen molar-refractivity contribution in [2.24, 2.45) is 11.3 Å². The number of Topliss-reactive ketones (excluding diaryl/α,β-unsaturated/α-hetero) is 1. The molecule has 0 spiro atoms. The maximum atomic E-state index is 11.8. The highest BCUT2D eigenvalue weighted by molar-refractivity contribution is 5.95. The van der Waals surface area contributed by atoms with E-state index in [9.17, 15) is 9.59 Å². The summed E-state index contributed by atoms with van der Waals surface area (Å²) < 4.78 is 0. The molecule has 0 unspecified atom stereocenters. The minimum atomic E-state index is -0.227. The number of amides is 2. The molecule has 1 rings (SSSR count). The molecule has 4 heteroatoms. The second-order valence-electron chi connectivity index (χ2n) is 6.08. The molecule has 0 bridgehead atoms. The van der Waals surface area contributed by atoms with E-state index >= 15 is 0 Å². The highest BCUT2D eigenvalue weighted by Gasteiger charge is 2.22. The first-order valence-electron chi connectivity index (χ1n) is 6.88. The molecule has 0 aliphatic carbocycles. The van der Waals surface area contributed by atoms with Crippen LogP contribution >= 0.6 is 0 Å². The lowest BCUT2D eigenvalue weighted by Crippen LogP contribution is -2.39. The van der Waals surface area contributed by atoms with Crippen molar-refractivity contribution >= 4 is 17.5 Å². The molecule has 2 N–H and O–H groups in total. The minimum absolute atomic E-state index is 0.0136. The van der Waals surface area contributed by atoms with Gasteiger partial charge in [0.15, 0.2) is 5.78 Å². The van der Waals surface area contributed by atoms with Gasteiger partial charge in [0.1, 0.15) is 0 Å². The van der Waals surface area contributed by atoms with Crippen LogP contribution in [0.3, 0.4) is 0 Å². The van der Waals surface area contributed by atoms with Gasteiger partial charge in [0, 0.05) is 17.8 Å². The van der Waals surface area contributed by atoms with Crippen LogP contribution in [0.2, 0.25) is 0 Å². The number of hydrogen-bond acceptors (Lipinski definition) is 2. The summed E-state index contributed by atoms with van der Waals surface area (Å²) in [6, 6.07) is 6.63. The predicted molar refractivity (Wildman–Crippen MR) is 82.1 cm³/mol. The third-order valence-corrected chi connectivity index (χ3v) is 3.82. The average Bonchev–Trinajstić information content (AvgIpc) is 2.37. The standard InChI is InChI=1S/C16H24N2O2/c1-11(2)16(4,5)10-17-15(20)18-14-8-6-13(7-9-14)12(3)19/h6-9,11H,10H2,1-5H3,(H2,17,18,20). The van der Waals surface area contributed by atoms with Crippen LogP contribution in [-0.2, 0) is 0 Å². The monoisotopic (exact) mass is 276 g/mol. The second-order valence-corrected chi connectivity index (χ2v) is 6.08. The molecule has 2 amide bonds. The van der Waals surface area contributed by atoms with E-state index in [1.807, 2.05) is 0 Å². The zero-order valence-electron chi connectivity index (χ0n) is 12.9. The lowest BCUT2D eigenvalue weighted by molar-refractivity contribution is 0.101. The number of ketones is 1. The van der Waals surface area contributed by atoms with Crippen molar-refractivity contribution < 1.29 is 9.59 Å². The zero-order valence-corrected chi connectivity index (χ0v) is 12.9. The summed E-state index contributed by atoms with van der Waals surface area (Å²) in [5, 5.41) is 5.63. The summed E-state index contributed by atoms with van der Waals surface area (Å²) in [4.78, 5) is 23.0. The fourth-order valence-electron chi connectivity index (χ4n) is 1.48. The third kappa shape index (κ3) is 4.68. The molecule has 0 atom stereocenters. The Kier molecular flexibility index (Phi) is 5.31. The first-order valence-corrected chi connectivity index (χ1v) is 6.88. The van der Waals surface area contributed by atoms with Crippen molar-refractivity contribution in [2.45, 2.75) is 34.6 Å². The maximum absolute atomic E-state index is 11.8. The molecule has 0 heterocycles. The topological polar surface area (TPSA) is 58.2 Å². The number of urea groups is 1. The summed E-state index contributed by atoms with van der Waals surface area (Å²) in [5.74, 6) is 0.498. The lowest BCUT2D eigenvalue weighted by Gasteiger charge is -2.29. The molecule has 0 saturated heterocycles. The van der Waals surface area contributed by atoms with Gasteiger partial charge in [-0.3, -0.25) is 4.79 Å². The Morgan fingerprint density at radius 3 is 2.15 bits per heavy atom. The van der Waals surface area contributed by atoms with Crippen LogP contribution in [0.1, 0.15) is 45.0 Å². The highest BCUT2D eigenvalue weighted by atomic mass is 16.2. The van der Waals surface area contributed by atoms with Crippen molar-refractivity contribution in [1.29, 1.82) is 0 Å². The predicted octanol–water partition coefficient (Wildman–Crippen LogP) is 3.69. The molecular formula is C16H24N2O2. The summed E-state index contributed by atoms with van der Waals surface area (Å²) in [6.07, 6.45) is 0. The van der Waals surface area contributed by atoms with Crippen molar-refractivity contribution in [3.63, 3.8) is 0 Å². The number of hydrogen-bond donors (Lipinski definition) is 2. The van der Waals surface area contributed by atoms with E-state index in [1.54, 1.807) is 24.3 Å². The Bertz CT molecular complexity index is 476.